The number of amides is 1. The van der Waals surface area contributed by atoms with Crippen molar-refractivity contribution in [2.24, 2.45) is 0 Å². The van der Waals surface area contributed by atoms with E-state index in [9.17, 15) is 4.79 Å². The van der Waals surface area contributed by atoms with Crippen LogP contribution in [0.15, 0.2) is 24.3 Å². The van der Waals surface area contributed by atoms with E-state index in [2.05, 4.69) is 5.32 Å². The van der Waals surface area contributed by atoms with E-state index in [1.165, 1.54) is 0 Å². The van der Waals surface area contributed by atoms with Gasteiger partial charge in [-0.1, -0.05) is 6.07 Å². The van der Waals surface area contributed by atoms with Gasteiger partial charge in [0.15, 0.2) is 0 Å². The Kier molecular flexibility index (Phi) is 4.43. The van der Waals surface area contributed by atoms with Gasteiger partial charge in [0.2, 0.25) is 5.91 Å². The van der Waals surface area contributed by atoms with E-state index in [4.69, 9.17) is 11.6 Å². The van der Waals surface area contributed by atoms with E-state index in [1.54, 1.807) is 0 Å². The molecule has 82 valence electrons. The van der Waals surface area contributed by atoms with Gasteiger partial charge in [0.1, 0.15) is 0 Å². The lowest BCUT2D eigenvalue weighted by Gasteiger charge is -2.13. The van der Waals surface area contributed by atoms with E-state index in [-0.39, 0.29) is 5.91 Å². The highest BCUT2D eigenvalue weighted by atomic mass is 35.5. The minimum absolute atomic E-state index is 0.0547. The second kappa shape index (κ2) is 5.61. The molecule has 0 heterocycles. The molecule has 0 unspecified atom stereocenters. The fourth-order valence-corrected chi connectivity index (χ4v) is 1.34. The molecule has 0 atom stereocenters. The lowest BCUT2D eigenvalue weighted by Crippen LogP contribution is -2.13. The Balaban J connectivity index is 2.69. The summed E-state index contributed by atoms with van der Waals surface area (Å²) >= 11 is 5.48. The van der Waals surface area contributed by atoms with Crippen LogP contribution in [0.5, 0.6) is 0 Å². The molecule has 0 spiro atoms. The Morgan fingerprint density at radius 1 is 1.47 bits per heavy atom. The van der Waals surface area contributed by atoms with Gasteiger partial charge in [-0.25, -0.2) is 0 Å². The first-order chi connectivity index (χ1) is 7.13. The molecule has 0 bridgehead atoms. The van der Waals surface area contributed by atoms with Crippen molar-refractivity contribution in [3.8, 4) is 0 Å². The predicted octanol–water partition coefficient (Wildman–Crippen LogP) is 2.32. The van der Waals surface area contributed by atoms with Crippen LogP contribution in [0.3, 0.4) is 0 Å². The topological polar surface area (TPSA) is 32.3 Å². The largest absolute Gasteiger partial charge is 0.378 e. The summed E-state index contributed by atoms with van der Waals surface area (Å²) in [6, 6.07) is 7.67. The fourth-order valence-electron chi connectivity index (χ4n) is 1.17. The number of alkyl halides is 1. The number of anilines is 2. The van der Waals surface area contributed by atoms with Crippen LogP contribution in [0.25, 0.3) is 0 Å². The van der Waals surface area contributed by atoms with Gasteiger partial charge in [-0.15, -0.1) is 11.6 Å². The summed E-state index contributed by atoms with van der Waals surface area (Å²) in [5.74, 6) is 0.292. The van der Waals surface area contributed by atoms with Crippen molar-refractivity contribution in [2.45, 2.75) is 6.42 Å². The van der Waals surface area contributed by atoms with Crippen LogP contribution in [0, 0.1) is 0 Å². The molecule has 0 saturated heterocycles. The molecule has 3 nitrogen and oxygen atoms in total. The maximum atomic E-state index is 11.3. The molecule has 0 saturated carbocycles. The molecule has 0 fully saturated rings. The zero-order valence-corrected chi connectivity index (χ0v) is 9.71. The van der Waals surface area contributed by atoms with Gasteiger partial charge < -0.3 is 10.2 Å². The average molecular weight is 227 g/mol. The smallest absolute Gasteiger partial charge is 0.225 e. The molecule has 1 aromatic rings. The minimum Gasteiger partial charge on any atom is -0.378 e. The molecule has 15 heavy (non-hydrogen) atoms. The molecule has 1 rings (SSSR count). The molecule has 0 aliphatic rings. The number of carbonyl (C=O) groups excluding carboxylic acids is 1. The standard InChI is InChI=1S/C11H15ClN2O/c1-14(2)10-5-3-4-9(8-10)13-11(15)6-7-12/h3-5,8H,6-7H2,1-2H3,(H,13,15). The van der Waals surface area contributed by atoms with E-state index >= 15 is 0 Å². The number of nitrogens with one attached hydrogen (secondary N) is 1. The molecule has 0 aliphatic carbocycles. The lowest BCUT2D eigenvalue weighted by molar-refractivity contribution is -0.115. The van der Waals surface area contributed by atoms with Crippen molar-refractivity contribution in [2.75, 3.05) is 30.2 Å². The van der Waals surface area contributed by atoms with Crippen LogP contribution in [-0.4, -0.2) is 25.9 Å². The number of nitrogens with zero attached hydrogens (tertiary/aromatic N) is 1. The third-order valence-corrected chi connectivity index (χ3v) is 2.16. The molecule has 1 aromatic carbocycles. The highest BCUT2D eigenvalue weighted by Crippen LogP contribution is 2.17. The Morgan fingerprint density at radius 3 is 2.80 bits per heavy atom. The van der Waals surface area contributed by atoms with E-state index in [1.807, 2.05) is 43.3 Å². The second-order valence-corrected chi connectivity index (χ2v) is 3.81. The van der Waals surface area contributed by atoms with E-state index in [0.29, 0.717) is 12.3 Å². The SMILES string of the molecule is CN(C)c1cccc(NC(=O)CCCl)c1. The van der Waals surface area contributed by atoms with E-state index in [0.717, 1.165) is 11.4 Å². The number of hydrogen-bond donors (Lipinski definition) is 1. The third-order valence-electron chi connectivity index (χ3n) is 1.97. The van der Waals surface area contributed by atoms with Gasteiger partial charge in [-0.2, -0.15) is 0 Å². The van der Waals surface area contributed by atoms with Crippen LogP contribution >= 0.6 is 11.6 Å². The number of rotatable bonds is 4. The predicted molar refractivity (Wildman–Crippen MR) is 64.7 cm³/mol. The van der Waals surface area contributed by atoms with Gasteiger partial charge in [0.25, 0.3) is 0 Å². The van der Waals surface area contributed by atoms with Gasteiger partial charge in [0.05, 0.1) is 0 Å². The molecule has 1 N–H and O–H groups in total. The Hall–Kier alpha value is -1.22. The summed E-state index contributed by atoms with van der Waals surface area (Å²) in [4.78, 5) is 13.3. The van der Waals surface area contributed by atoms with Gasteiger partial charge in [-0.05, 0) is 18.2 Å². The monoisotopic (exact) mass is 226 g/mol. The molecular formula is C11H15ClN2O. The van der Waals surface area contributed by atoms with Gasteiger partial charge in [-0.3, -0.25) is 4.79 Å². The van der Waals surface area contributed by atoms with Crippen LogP contribution in [0.1, 0.15) is 6.42 Å². The van der Waals surface area contributed by atoms with Crippen molar-refractivity contribution >= 4 is 28.9 Å². The van der Waals surface area contributed by atoms with Gasteiger partial charge >= 0.3 is 0 Å². The summed E-state index contributed by atoms with van der Waals surface area (Å²) in [6.07, 6.45) is 0.341. The maximum absolute atomic E-state index is 11.3. The Bertz CT molecular complexity index is 339. The highest BCUT2D eigenvalue weighted by Gasteiger charge is 2.02. The Labute approximate surface area is 95.0 Å². The Morgan fingerprint density at radius 2 is 2.20 bits per heavy atom. The highest BCUT2D eigenvalue weighted by molar-refractivity contribution is 6.19. The summed E-state index contributed by atoms with van der Waals surface area (Å²) in [5.41, 5.74) is 1.86. The lowest BCUT2D eigenvalue weighted by atomic mass is 10.2. The van der Waals surface area contributed by atoms with Gasteiger partial charge in [0, 0.05) is 37.8 Å². The van der Waals surface area contributed by atoms with Crippen LogP contribution < -0.4 is 10.2 Å². The number of carbonyl (C=O) groups is 1. The third kappa shape index (κ3) is 3.80. The molecular weight excluding hydrogens is 212 g/mol. The number of benzene rings is 1. The van der Waals surface area contributed by atoms with Crippen molar-refractivity contribution in [1.29, 1.82) is 0 Å². The first kappa shape index (κ1) is 11.9. The first-order valence-corrected chi connectivity index (χ1v) is 5.30. The summed E-state index contributed by atoms with van der Waals surface area (Å²) in [6.45, 7) is 0. The zero-order valence-electron chi connectivity index (χ0n) is 8.96. The molecule has 4 heteroatoms. The van der Waals surface area contributed by atoms with Crippen molar-refractivity contribution in [3.63, 3.8) is 0 Å². The van der Waals surface area contributed by atoms with Crippen LogP contribution in [0.2, 0.25) is 0 Å². The first-order valence-electron chi connectivity index (χ1n) is 4.76. The zero-order chi connectivity index (χ0) is 11.3. The van der Waals surface area contributed by atoms with Crippen LogP contribution in [0.4, 0.5) is 11.4 Å². The quantitative estimate of drug-likeness (QED) is 0.800. The van der Waals surface area contributed by atoms with Crippen molar-refractivity contribution in [1.82, 2.24) is 0 Å². The van der Waals surface area contributed by atoms with Crippen molar-refractivity contribution < 1.29 is 4.79 Å². The number of halogens is 1. The molecule has 0 radical (unpaired) electrons. The second-order valence-electron chi connectivity index (χ2n) is 3.43. The normalized spacial score (nSPS) is 9.80. The molecule has 0 aromatic heterocycles. The summed E-state index contributed by atoms with van der Waals surface area (Å²) in [5, 5.41) is 2.79. The summed E-state index contributed by atoms with van der Waals surface area (Å²) in [7, 11) is 3.92. The number of hydrogen-bond acceptors (Lipinski definition) is 2. The van der Waals surface area contributed by atoms with E-state index < -0.39 is 0 Å². The minimum atomic E-state index is -0.0547. The maximum Gasteiger partial charge on any atom is 0.225 e. The summed E-state index contributed by atoms with van der Waals surface area (Å²) < 4.78 is 0. The van der Waals surface area contributed by atoms with Crippen molar-refractivity contribution in [3.05, 3.63) is 24.3 Å². The molecule has 0 aliphatic heterocycles. The fraction of sp³-hybridized carbons (Fsp3) is 0.364. The average Bonchev–Trinajstić information content (AvgIpc) is 2.18. The molecule has 1 amide bonds. The van der Waals surface area contributed by atoms with Crippen LogP contribution in [-0.2, 0) is 4.79 Å².